The van der Waals surface area contributed by atoms with E-state index in [1.807, 2.05) is 0 Å². The van der Waals surface area contributed by atoms with Crippen LogP contribution < -0.4 is 14.8 Å². The van der Waals surface area contributed by atoms with E-state index in [2.05, 4.69) is 11.9 Å². The highest BCUT2D eigenvalue weighted by molar-refractivity contribution is 6.37. The summed E-state index contributed by atoms with van der Waals surface area (Å²) in [6.07, 6.45) is 1.51. The summed E-state index contributed by atoms with van der Waals surface area (Å²) < 4.78 is 10.5. The van der Waals surface area contributed by atoms with Crippen LogP contribution in [0.1, 0.15) is 5.56 Å². The molecule has 144 valence electrons. The normalized spacial score (nSPS) is 13.8. The Hall–Kier alpha value is -3.25. The molecule has 28 heavy (non-hydrogen) atoms. The molecule has 0 atom stereocenters. The van der Waals surface area contributed by atoms with E-state index in [0.717, 1.165) is 4.90 Å². The Labute approximate surface area is 168 Å². The van der Waals surface area contributed by atoms with Crippen molar-refractivity contribution in [3.63, 3.8) is 0 Å². The first-order chi connectivity index (χ1) is 13.5. The van der Waals surface area contributed by atoms with E-state index >= 15 is 0 Å². The molecule has 0 aromatic heterocycles. The topological polar surface area (TPSA) is 67.9 Å². The van der Waals surface area contributed by atoms with Gasteiger partial charge in [0.05, 0.1) is 19.8 Å². The van der Waals surface area contributed by atoms with Gasteiger partial charge >= 0.3 is 0 Å². The van der Waals surface area contributed by atoms with Crippen molar-refractivity contribution in [3.05, 3.63) is 71.4 Å². The van der Waals surface area contributed by atoms with E-state index in [4.69, 9.17) is 21.1 Å². The number of anilines is 1. The number of hydrogen-bond acceptors (Lipinski definition) is 5. The first-order valence-corrected chi connectivity index (χ1v) is 8.83. The zero-order valence-corrected chi connectivity index (χ0v) is 16.2. The highest BCUT2D eigenvalue weighted by Crippen LogP contribution is 2.33. The van der Waals surface area contributed by atoms with Crippen molar-refractivity contribution in [1.29, 1.82) is 0 Å². The summed E-state index contributed by atoms with van der Waals surface area (Å²) in [5, 5.41) is 3.60. The van der Waals surface area contributed by atoms with E-state index in [1.165, 1.54) is 20.3 Å². The molecule has 0 saturated heterocycles. The van der Waals surface area contributed by atoms with Crippen LogP contribution in [0.5, 0.6) is 11.5 Å². The lowest BCUT2D eigenvalue weighted by Crippen LogP contribution is -2.32. The quantitative estimate of drug-likeness (QED) is 0.568. The number of halogens is 1. The summed E-state index contributed by atoms with van der Waals surface area (Å²) >= 11 is 5.96. The van der Waals surface area contributed by atoms with Crippen molar-refractivity contribution in [2.45, 2.75) is 0 Å². The minimum atomic E-state index is -0.434. The lowest BCUT2D eigenvalue weighted by Gasteiger charge is -2.13. The summed E-state index contributed by atoms with van der Waals surface area (Å²) in [6.45, 7) is 3.73. The number of nitrogens with one attached hydrogen (secondary N) is 1. The summed E-state index contributed by atoms with van der Waals surface area (Å²) in [6, 6.07) is 11.9. The van der Waals surface area contributed by atoms with Gasteiger partial charge in [0.15, 0.2) is 0 Å². The molecule has 6 nitrogen and oxygen atoms in total. The third-order valence-electron chi connectivity index (χ3n) is 4.23. The molecular weight excluding hydrogens is 380 g/mol. The molecule has 3 rings (SSSR count). The Kier molecular flexibility index (Phi) is 5.70. The van der Waals surface area contributed by atoms with Crippen LogP contribution in [0.3, 0.4) is 0 Å². The molecule has 2 amide bonds. The first kappa shape index (κ1) is 19.5. The van der Waals surface area contributed by atoms with Crippen LogP contribution >= 0.6 is 11.6 Å². The number of nitrogens with zero attached hydrogens (tertiary/aromatic N) is 1. The maximum Gasteiger partial charge on any atom is 0.278 e. The van der Waals surface area contributed by atoms with Crippen LogP contribution in [0.2, 0.25) is 5.02 Å². The van der Waals surface area contributed by atoms with Gasteiger partial charge in [-0.15, -0.1) is 6.58 Å². The molecule has 0 unspecified atom stereocenters. The van der Waals surface area contributed by atoms with Crippen molar-refractivity contribution >= 4 is 34.7 Å². The predicted octanol–water partition coefficient (Wildman–Crippen LogP) is 3.74. The third kappa shape index (κ3) is 3.73. The van der Waals surface area contributed by atoms with Crippen molar-refractivity contribution in [2.75, 3.05) is 26.1 Å². The van der Waals surface area contributed by atoms with Crippen molar-refractivity contribution < 1.29 is 19.1 Å². The smallest absolute Gasteiger partial charge is 0.278 e. The largest absolute Gasteiger partial charge is 0.497 e. The van der Waals surface area contributed by atoms with Gasteiger partial charge in [-0.1, -0.05) is 29.8 Å². The first-order valence-electron chi connectivity index (χ1n) is 8.46. The number of ether oxygens (including phenoxy) is 2. The van der Waals surface area contributed by atoms with Gasteiger partial charge in [-0.05, 0) is 17.7 Å². The third-order valence-corrected chi connectivity index (χ3v) is 4.49. The number of amides is 2. The number of rotatable bonds is 7. The number of methoxy groups -OCH3 is 2. The SMILES string of the molecule is C=CCN1C(=O)C(Nc2cc(OC)cc(OC)c2)=C(c2ccc(Cl)cc2)C1=O. The van der Waals surface area contributed by atoms with Crippen LogP contribution in [0, 0.1) is 0 Å². The average Bonchev–Trinajstić information content (AvgIpc) is 2.93. The highest BCUT2D eigenvalue weighted by Gasteiger charge is 2.38. The second kappa shape index (κ2) is 8.19. The number of benzene rings is 2. The van der Waals surface area contributed by atoms with Crippen molar-refractivity contribution in [1.82, 2.24) is 4.90 Å². The second-order valence-corrected chi connectivity index (χ2v) is 6.43. The Morgan fingerprint density at radius 1 is 1.04 bits per heavy atom. The molecule has 1 heterocycles. The van der Waals surface area contributed by atoms with Gasteiger partial charge in [-0.25, -0.2) is 0 Å². The van der Waals surface area contributed by atoms with Crippen molar-refractivity contribution in [2.24, 2.45) is 0 Å². The fourth-order valence-corrected chi connectivity index (χ4v) is 3.02. The summed E-state index contributed by atoms with van der Waals surface area (Å²) in [5.41, 5.74) is 1.58. The Morgan fingerprint density at radius 2 is 1.64 bits per heavy atom. The Morgan fingerprint density at radius 3 is 2.18 bits per heavy atom. The van der Waals surface area contributed by atoms with E-state index in [9.17, 15) is 9.59 Å². The predicted molar refractivity (Wildman–Crippen MR) is 108 cm³/mol. The zero-order valence-electron chi connectivity index (χ0n) is 15.5. The van der Waals surface area contributed by atoms with Gasteiger partial charge in [-0.2, -0.15) is 0 Å². The number of imide groups is 1. The van der Waals surface area contributed by atoms with E-state index in [1.54, 1.807) is 42.5 Å². The fraction of sp³-hybridized carbons (Fsp3) is 0.143. The van der Waals surface area contributed by atoms with Gasteiger partial charge in [0.1, 0.15) is 17.2 Å². The molecule has 0 aliphatic carbocycles. The molecule has 0 spiro atoms. The molecule has 7 heteroatoms. The summed E-state index contributed by atoms with van der Waals surface area (Å²) in [7, 11) is 3.07. The van der Waals surface area contributed by atoms with Crippen LogP contribution in [0.4, 0.5) is 5.69 Å². The number of hydrogen-bond donors (Lipinski definition) is 1. The van der Waals surface area contributed by atoms with Gasteiger partial charge in [0.25, 0.3) is 11.8 Å². The Bertz CT molecular complexity index is 945. The molecule has 0 fully saturated rings. The van der Waals surface area contributed by atoms with E-state index < -0.39 is 11.8 Å². The van der Waals surface area contributed by atoms with E-state index in [0.29, 0.717) is 27.8 Å². The number of carbonyl (C=O) groups is 2. The minimum absolute atomic E-state index is 0.112. The molecule has 1 aliphatic rings. The molecule has 2 aromatic carbocycles. The molecule has 1 aliphatic heterocycles. The molecule has 1 N–H and O–H groups in total. The second-order valence-electron chi connectivity index (χ2n) is 5.99. The number of carbonyl (C=O) groups excluding carboxylic acids is 2. The lowest BCUT2D eigenvalue weighted by atomic mass is 10.0. The van der Waals surface area contributed by atoms with Crippen LogP contribution in [-0.2, 0) is 9.59 Å². The van der Waals surface area contributed by atoms with Crippen LogP contribution in [0.25, 0.3) is 5.57 Å². The van der Waals surface area contributed by atoms with Crippen molar-refractivity contribution in [3.8, 4) is 11.5 Å². The molecular formula is C21H19ClN2O4. The highest BCUT2D eigenvalue weighted by atomic mass is 35.5. The van der Waals surface area contributed by atoms with Crippen LogP contribution in [-0.4, -0.2) is 37.5 Å². The van der Waals surface area contributed by atoms with Gasteiger partial charge in [0.2, 0.25) is 0 Å². The maximum atomic E-state index is 12.9. The van der Waals surface area contributed by atoms with E-state index in [-0.39, 0.29) is 17.8 Å². The maximum absolute atomic E-state index is 12.9. The van der Waals surface area contributed by atoms with Gasteiger partial charge in [0, 0.05) is 35.5 Å². The molecule has 0 saturated carbocycles. The standard InChI is InChI=1S/C21H19ClN2O4/c1-4-9-24-20(25)18(13-5-7-14(22)8-6-13)19(21(24)26)23-15-10-16(27-2)12-17(11-15)28-3/h4-8,10-12,23H,1,9H2,2-3H3. The molecule has 2 aromatic rings. The van der Waals surface area contributed by atoms with Gasteiger partial charge in [-0.3, -0.25) is 14.5 Å². The minimum Gasteiger partial charge on any atom is -0.497 e. The fourth-order valence-electron chi connectivity index (χ4n) is 2.90. The lowest BCUT2D eigenvalue weighted by molar-refractivity contribution is -0.136. The summed E-state index contributed by atoms with van der Waals surface area (Å²) in [5.74, 6) is 0.270. The molecule has 0 radical (unpaired) electrons. The molecule has 0 bridgehead atoms. The summed E-state index contributed by atoms with van der Waals surface area (Å²) in [4.78, 5) is 27.0. The van der Waals surface area contributed by atoms with Crippen LogP contribution in [0.15, 0.2) is 60.8 Å². The zero-order chi connectivity index (χ0) is 20.3. The Balaban J connectivity index is 2.09. The van der Waals surface area contributed by atoms with Gasteiger partial charge < -0.3 is 14.8 Å². The monoisotopic (exact) mass is 398 g/mol. The average molecular weight is 399 g/mol.